The molecule has 2 heterocycles. The summed E-state index contributed by atoms with van der Waals surface area (Å²) in [7, 11) is 0. The lowest BCUT2D eigenvalue weighted by Crippen LogP contribution is -2.28. The minimum absolute atomic E-state index is 0.0749. The number of aromatic nitrogens is 2. The maximum absolute atomic E-state index is 12.4. The monoisotopic (exact) mass is 273 g/mol. The van der Waals surface area contributed by atoms with Crippen LogP contribution in [0, 0.1) is 6.92 Å². The fraction of sp³-hybridized carbons (Fsp3) is 0.357. The Balaban J connectivity index is 1.73. The highest BCUT2D eigenvalue weighted by molar-refractivity contribution is 7.07. The Labute approximate surface area is 116 Å². The highest BCUT2D eigenvalue weighted by Gasteiger charge is 2.29. The highest BCUT2D eigenvalue weighted by atomic mass is 32.1. The molecule has 0 saturated carbocycles. The second-order valence-electron chi connectivity index (χ2n) is 4.83. The Morgan fingerprint density at radius 3 is 2.84 bits per heavy atom. The molecule has 0 spiro atoms. The summed E-state index contributed by atoms with van der Waals surface area (Å²) in [6, 6.07) is 10.4. The first-order valence-electron chi connectivity index (χ1n) is 6.39. The van der Waals surface area contributed by atoms with Gasteiger partial charge in [-0.2, -0.15) is 0 Å². The zero-order valence-electron chi connectivity index (χ0n) is 10.7. The summed E-state index contributed by atoms with van der Waals surface area (Å²) >= 11 is 1.19. The molecule has 0 aliphatic carbocycles. The summed E-state index contributed by atoms with van der Waals surface area (Å²) in [5, 5.41) is 3.91. The molecule has 19 heavy (non-hydrogen) atoms. The van der Waals surface area contributed by atoms with Crippen molar-refractivity contribution in [1.82, 2.24) is 14.5 Å². The van der Waals surface area contributed by atoms with E-state index >= 15 is 0 Å². The average Bonchev–Trinajstić information content (AvgIpc) is 3.08. The van der Waals surface area contributed by atoms with Crippen molar-refractivity contribution in [2.75, 3.05) is 13.1 Å². The number of aryl methyl sites for hydroxylation is 1. The fourth-order valence-electron chi connectivity index (χ4n) is 2.51. The largest absolute Gasteiger partial charge is 0.337 e. The Morgan fingerprint density at radius 1 is 1.37 bits per heavy atom. The maximum Gasteiger partial charge on any atom is 0.267 e. The van der Waals surface area contributed by atoms with Crippen LogP contribution in [0.4, 0.5) is 0 Å². The molecular formula is C14H15N3OS. The van der Waals surface area contributed by atoms with Crippen molar-refractivity contribution in [3.8, 4) is 0 Å². The fourth-order valence-corrected chi connectivity index (χ4v) is 3.14. The third-order valence-electron chi connectivity index (χ3n) is 3.59. The van der Waals surface area contributed by atoms with E-state index in [0.29, 0.717) is 10.8 Å². The van der Waals surface area contributed by atoms with E-state index in [1.54, 1.807) is 0 Å². The van der Waals surface area contributed by atoms with E-state index in [1.165, 1.54) is 17.1 Å². The average molecular weight is 273 g/mol. The maximum atomic E-state index is 12.4. The van der Waals surface area contributed by atoms with Gasteiger partial charge in [-0.05, 0) is 30.4 Å². The molecule has 1 aliphatic heterocycles. The number of carbonyl (C=O) groups excluding carboxylic acids is 1. The molecule has 1 aliphatic rings. The molecule has 1 saturated heterocycles. The van der Waals surface area contributed by atoms with Crippen LogP contribution < -0.4 is 0 Å². The van der Waals surface area contributed by atoms with E-state index in [2.05, 4.69) is 33.9 Å². The summed E-state index contributed by atoms with van der Waals surface area (Å²) < 4.78 is 3.84. The predicted molar refractivity (Wildman–Crippen MR) is 74.3 cm³/mol. The third kappa shape index (κ3) is 2.38. The number of nitrogens with zero attached hydrogens (tertiary/aromatic N) is 3. The first-order chi connectivity index (χ1) is 9.25. The predicted octanol–water partition coefficient (Wildman–Crippen LogP) is 2.48. The quantitative estimate of drug-likeness (QED) is 0.844. The summed E-state index contributed by atoms with van der Waals surface area (Å²) in [6.07, 6.45) is 1.03. The first kappa shape index (κ1) is 12.3. The van der Waals surface area contributed by atoms with E-state index in [4.69, 9.17) is 0 Å². The van der Waals surface area contributed by atoms with Gasteiger partial charge >= 0.3 is 0 Å². The lowest BCUT2D eigenvalue weighted by Gasteiger charge is -2.15. The number of likely N-dealkylation sites (tertiary alicyclic amines) is 1. The molecule has 1 amide bonds. The van der Waals surface area contributed by atoms with Crippen molar-refractivity contribution >= 4 is 17.4 Å². The lowest BCUT2D eigenvalue weighted by atomic mass is 9.99. The first-order valence-corrected chi connectivity index (χ1v) is 7.16. The number of amides is 1. The normalized spacial score (nSPS) is 18.8. The highest BCUT2D eigenvalue weighted by Crippen LogP contribution is 2.28. The minimum atomic E-state index is 0.0749. The van der Waals surface area contributed by atoms with Gasteiger partial charge in [0.1, 0.15) is 4.88 Å². The molecule has 0 unspecified atom stereocenters. The van der Waals surface area contributed by atoms with Gasteiger partial charge in [0.2, 0.25) is 0 Å². The Morgan fingerprint density at radius 2 is 2.16 bits per heavy atom. The van der Waals surface area contributed by atoms with E-state index < -0.39 is 0 Å². The summed E-state index contributed by atoms with van der Waals surface area (Å²) in [5.74, 6) is 0.525. The second kappa shape index (κ2) is 5.09. The van der Waals surface area contributed by atoms with Gasteiger partial charge in [-0.3, -0.25) is 4.79 Å². The molecule has 2 aromatic rings. The van der Waals surface area contributed by atoms with Gasteiger partial charge in [0, 0.05) is 19.0 Å². The minimum Gasteiger partial charge on any atom is -0.337 e. The smallest absolute Gasteiger partial charge is 0.267 e. The number of rotatable bonds is 2. The van der Waals surface area contributed by atoms with Crippen LogP contribution in [-0.4, -0.2) is 33.5 Å². The van der Waals surface area contributed by atoms with Crippen molar-refractivity contribution in [2.45, 2.75) is 19.3 Å². The van der Waals surface area contributed by atoms with Gasteiger partial charge in [-0.1, -0.05) is 34.8 Å². The summed E-state index contributed by atoms with van der Waals surface area (Å²) in [4.78, 5) is 15.0. The van der Waals surface area contributed by atoms with Crippen molar-refractivity contribution in [3.63, 3.8) is 0 Å². The zero-order valence-corrected chi connectivity index (χ0v) is 11.6. The molecule has 0 radical (unpaired) electrons. The third-order valence-corrected chi connectivity index (χ3v) is 4.41. The van der Waals surface area contributed by atoms with Crippen LogP contribution in [-0.2, 0) is 0 Å². The van der Waals surface area contributed by atoms with Gasteiger partial charge in [-0.15, -0.1) is 5.10 Å². The van der Waals surface area contributed by atoms with Gasteiger partial charge in [-0.25, -0.2) is 0 Å². The molecule has 4 nitrogen and oxygen atoms in total. The van der Waals surface area contributed by atoms with E-state index in [9.17, 15) is 4.79 Å². The van der Waals surface area contributed by atoms with Gasteiger partial charge in [0.15, 0.2) is 0 Å². The number of benzene rings is 1. The summed E-state index contributed by atoms with van der Waals surface area (Å²) in [5.41, 5.74) is 2.05. The van der Waals surface area contributed by atoms with Crippen molar-refractivity contribution in [3.05, 3.63) is 46.5 Å². The molecule has 1 aromatic carbocycles. The Hall–Kier alpha value is -1.75. The van der Waals surface area contributed by atoms with Crippen LogP contribution in [0.3, 0.4) is 0 Å². The van der Waals surface area contributed by atoms with Crippen LogP contribution in [0.1, 0.15) is 33.3 Å². The molecule has 0 bridgehead atoms. The number of hydrogen-bond acceptors (Lipinski definition) is 4. The molecule has 1 aromatic heterocycles. The van der Waals surface area contributed by atoms with Gasteiger partial charge < -0.3 is 4.90 Å². The van der Waals surface area contributed by atoms with E-state index in [1.807, 2.05) is 17.9 Å². The van der Waals surface area contributed by atoms with E-state index in [-0.39, 0.29) is 5.91 Å². The van der Waals surface area contributed by atoms with Gasteiger partial charge in [0.25, 0.3) is 5.91 Å². The van der Waals surface area contributed by atoms with Crippen LogP contribution >= 0.6 is 11.5 Å². The Kier molecular flexibility index (Phi) is 3.29. The molecule has 1 fully saturated rings. The molecule has 5 heteroatoms. The molecule has 3 rings (SSSR count). The summed E-state index contributed by atoms with van der Waals surface area (Å²) in [6.45, 7) is 3.44. The molecule has 98 valence electrons. The van der Waals surface area contributed by atoms with Crippen LogP contribution in [0.2, 0.25) is 0 Å². The van der Waals surface area contributed by atoms with Crippen molar-refractivity contribution in [1.29, 1.82) is 0 Å². The molecule has 1 atom stereocenters. The molecular weight excluding hydrogens is 258 g/mol. The standard InChI is InChI=1S/C14H15N3OS/c1-10-13(19-16-15-10)14(18)17-8-7-12(9-17)11-5-3-2-4-6-11/h2-6,12H,7-9H2,1H3/t12-/m1/s1. The second-order valence-corrected chi connectivity index (χ2v) is 5.59. The van der Waals surface area contributed by atoms with E-state index in [0.717, 1.165) is 25.2 Å². The van der Waals surface area contributed by atoms with Gasteiger partial charge in [0.05, 0.1) is 5.69 Å². The topological polar surface area (TPSA) is 46.1 Å². The van der Waals surface area contributed by atoms with Crippen LogP contribution in [0.25, 0.3) is 0 Å². The molecule has 0 N–H and O–H groups in total. The zero-order chi connectivity index (χ0) is 13.2. The number of hydrogen-bond donors (Lipinski definition) is 0. The van der Waals surface area contributed by atoms with Crippen LogP contribution in [0.15, 0.2) is 30.3 Å². The van der Waals surface area contributed by atoms with Crippen molar-refractivity contribution < 1.29 is 4.79 Å². The Bertz CT molecular complexity index is 581. The van der Waals surface area contributed by atoms with Crippen molar-refractivity contribution in [2.24, 2.45) is 0 Å². The number of carbonyl (C=O) groups is 1. The van der Waals surface area contributed by atoms with Crippen LogP contribution in [0.5, 0.6) is 0 Å². The SMILES string of the molecule is Cc1nnsc1C(=O)N1CC[C@@H](c2ccccc2)C1. The lowest BCUT2D eigenvalue weighted by molar-refractivity contribution is 0.0794.